The van der Waals surface area contributed by atoms with E-state index in [9.17, 15) is 0 Å². The van der Waals surface area contributed by atoms with Crippen LogP contribution in [0.1, 0.15) is 20.3 Å². The normalized spacial score (nSPS) is 11.2. The lowest BCUT2D eigenvalue weighted by molar-refractivity contribution is 0.0256. The van der Waals surface area contributed by atoms with Crippen molar-refractivity contribution >= 4 is 0 Å². The van der Waals surface area contributed by atoms with Gasteiger partial charge in [0, 0.05) is 13.7 Å². The maximum absolute atomic E-state index is 5.39. The van der Waals surface area contributed by atoms with Crippen molar-refractivity contribution in [2.24, 2.45) is 5.92 Å². The fourth-order valence-electron chi connectivity index (χ4n) is 1.12. The first-order chi connectivity index (χ1) is 7.77. The van der Waals surface area contributed by atoms with E-state index in [-0.39, 0.29) is 0 Å². The van der Waals surface area contributed by atoms with Gasteiger partial charge in [-0.2, -0.15) is 0 Å². The van der Waals surface area contributed by atoms with Crippen molar-refractivity contribution < 1.29 is 14.2 Å². The quantitative estimate of drug-likeness (QED) is 0.516. The molecule has 0 amide bonds. The molecule has 0 rings (SSSR count). The van der Waals surface area contributed by atoms with E-state index in [1.807, 2.05) is 0 Å². The van der Waals surface area contributed by atoms with Crippen molar-refractivity contribution in [3.63, 3.8) is 0 Å². The Morgan fingerprint density at radius 1 is 0.875 bits per heavy atom. The molecule has 98 valence electrons. The molecule has 0 saturated heterocycles. The Kier molecular flexibility index (Phi) is 12.8. The molecule has 0 spiro atoms. The Hall–Kier alpha value is -0.160. The maximum atomic E-state index is 5.39. The molecule has 0 saturated carbocycles. The Labute approximate surface area is 99.6 Å². The zero-order valence-corrected chi connectivity index (χ0v) is 11.0. The predicted molar refractivity (Wildman–Crippen MR) is 65.8 cm³/mol. The lowest BCUT2D eigenvalue weighted by Crippen LogP contribution is -2.22. The average molecular weight is 233 g/mol. The molecule has 0 aliphatic heterocycles. The van der Waals surface area contributed by atoms with Crippen molar-refractivity contribution in [2.75, 3.05) is 53.2 Å². The molecule has 4 heteroatoms. The summed E-state index contributed by atoms with van der Waals surface area (Å²) in [5.41, 5.74) is 0. The van der Waals surface area contributed by atoms with E-state index < -0.39 is 0 Å². The molecule has 0 aliphatic carbocycles. The number of rotatable bonds is 12. The van der Waals surface area contributed by atoms with E-state index in [2.05, 4.69) is 19.2 Å². The summed E-state index contributed by atoms with van der Waals surface area (Å²) in [4.78, 5) is 0. The van der Waals surface area contributed by atoms with Crippen LogP contribution in [-0.4, -0.2) is 53.2 Å². The molecule has 0 bridgehead atoms. The molecule has 4 nitrogen and oxygen atoms in total. The van der Waals surface area contributed by atoms with Gasteiger partial charge >= 0.3 is 0 Å². The van der Waals surface area contributed by atoms with Crippen LogP contribution in [0, 0.1) is 5.92 Å². The highest BCUT2D eigenvalue weighted by molar-refractivity contribution is 4.50. The van der Waals surface area contributed by atoms with Gasteiger partial charge in [0.15, 0.2) is 0 Å². The van der Waals surface area contributed by atoms with Crippen LogP contribution in [0.4, 0.5) is 0 Å². The van der Waals surface area contributed by atoms with Gasteiger partial charge in [0.05, 0.1) is 33.0 Å². The van der Waals surface area contributed by atoms with Crippen LogP contribution >= 0.6 is 0 Å². The van der Waals surface area contributed by atoms with Gasteiger partial charge in [-0.25, -0.2) is 0 Å². The van der Waals surface area contributed by atoms with Crippen LogP contribution < -0.4 is 5.32 Å². The summed E-state index contributed by atoms with van der Waals surface area (Å²) in [5, 5.41) is 3.34. The highest BCUT2D eigenvalue weighted by Gasteiger charge is 1.93. The minimum absolute atomic E-state index is 0.645. The topological polar surface area (TPSA) is 39.7 Å². The molecule has 16 heavy (non-hydrogen) atoms. The fourth-order valence-corrected chi connectivity index (χ4v) is 1.12. The summed E-state index contributed by atoms with van der Waals surface area (Å²) in [6.45, 7) is 9.82. The smallest absolute Gasteiger partial charge is 0.0701 e. The Morgan fingerprint density at radius 3 is 2.12 bits per heavy atom. The Morgan fingerprint density at radius 2 is 1.50 bits per heavy atom. The molecule has 0 radical (unpaired) electrons. The molecular weight excluding hydrogens is 206 g/mol. The van der Waals surface area contributed by atoms with Crippen LogP contribution in [0.3, 0.4) is 0 Å². The zero-order valence-electron chi connectivity index (χ0n) is 11.0. The maximum Gasteiger partial charge on any atom is 0.0701 e. The highest BCUT2D eigenvalue weighted by Crippen LogP contribution is 1.95. The third-order valence-electron chi connectivity index (χ3n) is 2.13. The standard InChI is InChI=1S/C12H27NO3/c1-12(2)4-5-13-6-7-15-10-11-16-9-8-14-3/h12-13H,4-11H2,1-3H3. The van der Waals surface area contributed by atoms with Gasteiger partial charge < -0.3 is 19.5 Å². The molecule has 0 aliphatic rings. The van der Waals surface area contributed by atoms with Crippen LogP contribution in [-0.2, 0) is 14.2 Å². The number of methoxy groups -OCH3 is 1. The van der Waals surface area contributed by atoms with Gasteiger partial charge in [0.25, 0.3) is 0 Å². The summed E-state index contributed by atoms with van der Waals surface area (Å²) in [6, 6.07) is 0. The van der Waals surface area contributed by atoms with Crippen molar-refractivity contribution in [1.29, 1.82) is 0 Å². The lowest BCUT2D eigenvalue weighted by Gasteiger charge is -2.08. The van der Waals surface area contributed by atoms with Crippen LogP contribution in [0.25, 0.3) is 0 Å². The first-order valence-corrected chi connectivity index (χ1v) is 6.12. The van der Waals surface area contributed by atoms with Crippen molar-refractivity contribution in [1.82, 2.24) is 5.32 Å². The van der Waals surface area contributed by atoms with Gasteiger partial charge in [-0.3, -0.25) is 0 Å². The van der Waals surface area contributed by atoms with Crippen LogP contribution in [0.2, 0.25) is 0 Å². The van der Waals surface area contributed by atoms with Crippen molar-refractivity contribution in [3.05, 3.63) is 0 Å². The van der Waals surface area contributed by atoms with Gasteiger partial charge in [0.2, 0.25) is 0 Å². The molecule has 0 fully saturated rings. The second-order valence-electron chi connectivity index (χ2n) is 4.15. The van der Waals surface area contributed by atoms with E-state index >= 15 is 0 Å². The molecule has 0 atom stereocenters. The van der Waals surface area contributed by atoms with E-state index in [1.54, 1.807) is 7.11 Å². The molecule has 1 N–H and O–H groups in total. The Balaban J connectivity index is 2.88. The average Bonchev–Trinajstić information content (AvgIpc) is 2.25. The Bertz CT molecular complexity index is 131. The van der Waals surface area contributed by atoms with E-state index in [0.717, 1.165) is 25.6 Å². The fraction of sp³-hybridized carbons (Fsp3) is 1.00. The summed E-state index contributed by atoms with van der Waals surface area (Å²) in [5.74, 6) is 0.766. The van der Waals surface area contributed by atoms with E-state index in [0.29, 0.717) is 26.4 Å². The lowest BCUT2D eigenvalue weighted by atomic mass is 10.1. The first-order valence-electron chi connectivity index (χ1n) is 6.12. The molecular formula is C12H27NO3. The monoisotopic (exact) mass is 233 g/mol. The van der Waals surface area contributed by atoms with E-state index in [4.69, 9.17) is 14.2 Å². The summed E-state index contributed by atoms with van der Waals surface area (Å²) in [6.07, 6.45) is 1.22. The first kappa shape index (κ1) is 15.8. The number of hydrogen-bond acceptors (Lipinski definition) is 4. The molecule has 0 aromatic carbocycles. The number of hydrogen-bond donors (Lipinski definition) is 1. The van der Waals surface area contributed by atoms with Crippen LogP contribution in [0.15, 0.2) is 0 Å². The minimum Gasteiger partial charge on any atom is -0.382 e. The highest BCUT2D eigenvalue weighted by atomic mass is 16.5. The summed E-state index contributed by atoms with van der Waals surface area (Å²) in [7, 11) is 1.67. The second-order valence-corrected chi connectivity index (χ2v) is 4.15. The van der Waals surface area contributed by atoms with Gasteiger partial charge in [-0.15, -0.1) is 0 Å². The van der Waals surface area contributed by atoms with Crippen molar-refractivity contribution in [3.8, 4) is 0 Å². The molecule has 0 aromatic heterocycles. The second kappa shape index (κ2) is 12.9. The van der Waals surface area contributed by atoms with Crippen molar-refractivity contribution in [2.45, 2.75) is 20.3 Å². The molecule has 0 unspecified atom stereocenters. The summed E-state index contributed by atoms with van der Waals surface area (Å²) < 4.78 is 15.5. The third kappa shape index (κ3) is 13.8. The number of ether oxygens (including phenoxy) is 3. The van der Waals surface area contributed by atoms with Crippen LogP contribution in [0.5, 0.6) is 0 Å². The molecule has 0 aromatic rings. The third-order valence-corrected chi connectivity index (χ3v) is 2.13. The van der Waals surface area contributed by atoms with Gasteiger partial charge in [0.1, 0.15) is 0 Å². The van der Waals surface area contributed by atoms with Gasteiger partial charge in [-0.05, 0) is 18.9 Å². The van der Waals surface area contributed by atoms with Gasteiger partial charge in [-0.1, -0.05) is 13.8 Å². The predicted octanol–water partition coefficient (Wildman–Crippen LogP) is 1.30. The zero-order chi connectivity index (χ0) is 12.1. The minimum atomic E-state index is 0.645. The number of nitrogens with one attached hydrogen (secondary N) is 1. The largest absolute Gasteiger partial charge is 0.382 e. The van der Waals surface area contributed by atoms with E-state index in [1.165, 1.54) is 6.42 Å². The summed E-state index contributed by atoms with van der Waals surface area (Å²) >= 11 is 0. The SMILES string of the molecule is COCCOCCOCCNCCC(C)C. The molecule has 0 heterocycles.